The summed E-state index contributed by atoms with van der Waals surface area (Å²) in [6.45, 7) is 1.96. The van der Waals surface area contributed by atoms with Gasteiger partial charge in [-0.25, -0.2) is 0 Å². The lowest BCUT2D eigenvalue weighted by molar-refractivity contribution is 0.0995. The standard InChI is InChI=1S/C13H13ClN2O2/c1-2-9-4-6-12(18-9)13(17)16-11-5-3-8(15)7-10(11)14/h3-7H,2,15H2,1H3,(H,16,17). The second-order valence-electron chi connectivity index (χ2n) is 3.81. The minimum Gasteiger partial charge on any atom is -0.456 e. The maximum Gasteiger partial charge on any atom is 0.291 e. The zero-order chi connectivity index (χ0) is 13.1. The van der Waals surface area contributed by atoms with Crippen molar-refractivity contribution in [3.8, 4) is 0 Å². The van der Waals surface area contributed by atoms with Crippen molar-refractivity contribution in [2.45, 2.75) is 13.3 Å². The summed E-state index contributed by atoms with van der Waals surface area (Å²) in [4.78, 5) is 11.9. The number of carbonyl (C=O) groups excluding carboxylic acids is 1. The Hall–Kier alpha value is -1.94. The molecule has 3 N–H and O–H groups in total. The van der Waals surface area contributed by atoms with Crippen LogP contribution in [0.15, 0.2) is 34.7 Å². The van der Waals surface area contributed by atoms with E-state index in [4.69, 9.17) is 21.8 Å². The Morgan fingerprint density at radius 1 is 1.39 bits per heavy atom. The van der Waals surface area contributed by atoms with Crippen LogP contribution in [0.4, 0.5) is 11.4 Å². The average molecular weight is 265 g/mol. The van der Waals surface area contributed by atoms with E-state index < -0.39 is 0 Å². The molecule has 0 fully saturated rings. The summed E-state index contributed by atoms with van der Waals surface area (Å²) in [6.07, 6.45) is 0.746. The van der Waals surface area contributed by atoms with Crippen molar-refractivity contribution in [3.63, 3.8) is 0 Å². The molecule has 0 unspecified atom stereocenters. The fourth-order valence-corrected chi connectivity index (χ4v) is 1.74. The van der Waals surface area contributed by atoms with Gasteiger partial charge in [0.05, 0.1) is 10.7 Å². The summed E-state index contributed by atoms with van der Waals surface area (Å²) in [6, 6.07) is 8.32. The minimum atomic E-state index is -0.332. The molecule has 1 heterocycles. The van der Waals surface area contributed by atoms with Crippen LogP contribution in [-0.4, -0.2) is 5.91 Å². The maximum atomic E-state index is 11.9. The molecule has 4 nitrogen and oxygen atoms in total. The Morgan fingerprint density at radius 2 is 2.17 bits per heavy atom. The van der Waals surface area contributed by atoms with Gasteiger partial charge in [-0.05, 0) is 30.3 Å². The van der Waals surface area contributed by atoms with Crippen LogP contribution < -0.4 is 11.1 Å². The molecular formula is C13H13ClN2O2. The number of nitrogens with two attached hydrogens (primary N) is 1. The SMILES string of the molecule is CCc1ccc(C(=O)Nc2ccc(N)cc2Cl)o1. The normalized spacial score (nSPS) is 10.3. The first-order valence-electron chi connectivity index (χ1n) is 5.55. The molecule has 0 atom stereocenters. The highest BCUT2D eigenvalue weighted by atomic mass is 35.5. The van der Waals surface area contributed by atoms with Crippen LogP contribution in [-0.2, 0) is 6.42 Å². The molecule has 0 aliphatic heterocycles. The molecule has 0 aliphatic carbocycles. The lowest BCUT2D eigenvalue weighted by Gasteiger charge is -2.06. The van der Waals surface area contributed by atoms with Gasteiger partial charge < -0.3 is 15.5 Å². The van der Waals surface area contributed by atoms with Crippen molar-refractivity contribution in [2.24, 2.45) is 0 Å². The Balaban J connectivity index is 2.16. The van der Waals surface area contributed by atoms with Gasteiger partial charge in [-0.15, -0.1) is 0 Å². The molecule has 2 rings (SSSR count). The van der Waals surface area contributed by atoms with E-state index in [9.17, 15) is 4.79 Å². The molecule has 0 aliphatic rings. The molecule has 0 saturated carbocycles. The number of nitrogen functional groups attached to an aromatic ring is 1. The summed E-state index contributed by atoms with van der Waals surface area (Å²) in [5.41, 5.74) is 6.63. The van der Waals surface area contributed by atoms with E-state index in [1.54, 1.807) is 30.3 Å². The van der Waals surface area contributed by atoms with Gasteiger partial charge in [-0.1, -0.05) is 18.5 Å². The molecule has 5 heteroatoms. The number of aryl methyl sites for hydroxylation is 1. The largest absolute Gasteiger partial charge is 0.456 e. The van der Waals surface area contributed by atoms with Crippen LogP contribution in [0.3, 0.4) is 0 Å². The summed E-state index contributed by atoms with van der Waals surface area (Å²) in [7, 11) is 0. The monoisotopic (exact) mass is 264 g/mol. The molecule has 94 valence electrons. The molecule has 1 amide bonds. The van der Waals surface area contributed by atoms with Gasteiger partial charge in [-0.3, -0.25) is 4.79 Å². The van der Waals surface area contributed by atoms with Gasteiger partial charge in [0.15, 0.2) is 5.76 Å². The van der Waals surface area contributed by atoms with Crippen molar-refractivity contribution in [1.29, 1.82) is 0 Å². The topological polar surface area (TPSA) is 68.3 Å². The lowest BCUT2D eigenvalue weighted by atomic mass is 10.2. The van der Waals surface area contributed by atoms with Crippen molar-refractivity contribution >= 4 is 28.9 Å². The van der Waals surface area contributed by atoms with E-state index in [0.717, 1.165) is 12.2 Å². The predicted octanol–water partition coefficient (Wildman–Crippen LogP) is 3.33. The van der Waals surface area contributed by atoms with Crippen molar-refractivity contribution in [1.82, 2.24) is 0 Å². The number of hydrogen-bond acceptors (Lipinski definition) is 3. The zero-order valence-corrected chi connectivity index (χ0v) is 10.6. The Bertz CT molecular complexity index is 578. The van der Waals surface area contributed by atoms with E-state index in [0.29, 0.717) is 16.4 Å². The van der Waals surface area contributed by atoms with Crippen LogP contribution >= 0.6 is 11.6 Å². The molecule has 0 bridgehead atoms. The number of benzene rings is 1. The molecule has 1 aromatic carbocycles. The Morgan fingerprint density at radius 3 is 2.78 bits per heavy atom. The first-order valence-corrected chi connectivity index (χ1v) is 5.93. The summed E-state index contributed by atoms with van der Waals surface area (Å²) >= 11 is 5.97. The molecule has 0 radical (unpaired) electrons. The first-order chi connectivity index (χ1) is 8.60. The molecule has 18 heavy (non-hydrogen) atoms. The van der Waals surface area contributed by atoms with E-state index in [-0.39, 0.29) is 11.7 Å². The number of nitrogens with one attached hydrogen (secondary N) is 1. The van der Waals surface area contributed by atoms with E-state index in [1.807, 2.05) is 6.92 Å². The third kappa shape index (κ3) is 2.65. The third-order valence-electron chi connectivity index (χ3n) is 2.48. The number of anilines is 2. The van der Waals surface area contributed by atoms with Gasteiger partial charge in [0.2, 0.25) is 0 Å². The molecule has 2 aromatic rings. The van der Waals surface area contributed by atoms with Crippen molar-refractivity contribution in [3.05, 3.63) is 46.9 Å². The number of carbonyl (C=O) groups is 1. The number of amides is 1. The van der Waals surface area contributed by atoms with E-state index in [2.05, 4.69) is 5.32 Å². The Kier molecular flexibility index (Phi) is 3.58. The first kappa shape index (κ1) is 12.5. The predicted molar refractivity (Wildman–Crippen MR) is 71.9 cm³/mol. The fraction of sp³-hybridized carbons (Fsp3) is 0.154. The van der Waals surface area contributed by atoms with Gasteiger partial charge in [-0.2, -0.15) is 0 Å². The maximum absolute atomic E-state index is 11.9. The summed E-state index contributed by atoms with van der Waals surface area (Å²) < 4.78 is 5.35. The number of rotatable bonds is 3. The van der Waals surface area contributed by atoms with Crippen LogP contribution in [0.1, 0.15) is 23.2 Å². The number of hydrogen-bond donors (Lipinski definition) is 2. The number of halogens is 1. The number of furan rings is 1. The molecule has 1 aromatic heterocycles. The van der Waals surface area contributed by atoms with E-state index in [1.165, 1.54) is 0 Å². The quantitative estimate of drug-likeness (QED) is 0.836. The van der Waals surface area contributed by atoms with Crippen molar-refractivity contribution in [2.75, 3.05) is 11.1 Å². The van der Waals surface area contributed by atoms with Gasteiger partial charge in [0, 0.05) is 12.1 Å². The van der Waals surface area contributed by atoms with Crippen LogP contribution in [0, 0.1) is 0 Å². The van der Waals surface area contributed by atoms with Crippen molar-refractivity contribution < 1.29 is 9.21 Å². The summed E-state index contributed by atoms with van der Waals surface area (Å²) in [5.74, 6) is 0.699. The highest BCUT2D eigenvalue weighted by Gasteiger charge is 2.12. The van der Waals surface area contributed by atoms with Crippen LogP contribution in [0.5, 0.6) is 0 Å². The van der Waals surface area contributed by atoms with Crippen LogP contribution in [0.25, 0.3) is 0 Å². The summed E-state index contributed by atoms with van der Waals surface area (Å²) in [5, 5.41) is 3.07. The zero-order valence-electron chi connectivity index (χ0n) is 9.87. The lowest BCUT2D eigenvalue weighted by Crippen LogP contribution is -2.11. The second kappa shape index (κ2) is 5.14. The van der Waals surface area contributed by atoms with Gasteiger partial charge in [0.25, 0.3) is 5.91 Å². The third-order valence-corrected chi connectivity index (χ3v) is 2.79. The van der Waals surface area contributed by atoms with Crippen LogP contribution in [0.2, 0.25) is 5.02 Å². The minimum absolute atomic E-state index is 0.264. The molecular weight excluding hydrogens is 252 g/mol. The average Bonchev–Trinajstić information content (AvgIpc) is 2.81. The second-order valence-corrected chi connectivity index (χ2v) is 4.22. The van der Waals surface area contributed by atoms with E-state index >= 15 is 0 Å². The highest BCUT2D eigenvalue weighted by molar-refractivity contribution is 6.34. The highest BCUT2D eigenvalue weighted by Crippen LogP contribution is 2.24. The van der Waals surface area contributed by atoms with Gasteiger partial charge >= 0.3 is 0 Å². The smallest absolute Gasteiger partial charge is 0.291 e. The fourth-order valence-electron chi connectivity index (χ4n) is 1.51. The van der Waals surface area contributed by atoms with Gasteiger partial charge in [0.1, 0.15) is 5.76 Å². The Labute approximate surface area is 110 Å². The molecule has 0 spiro atoms. The molecule has 0 saturated heterocycles.